The average Bonchev–Trinajstić information content (AvgIpc) is 3.24. The lowest BCUT2D eigenvalue weighted by Crippen LogP contribution is -2.29. The Hall–Kier alpha value is -3.74. The highest BCUT2D eigenvalue weighted by atomic mass is 16.5. The summed E-state index contributed by atoms with van der Waals surface area (Å²) in [5.74, 6) is 0.465. The second-order valence-electron chi connectivity index (χ2n) is 6.33. The van der Waals surface area contributed by atoms with Crippen molar-refractivity contribution in [1.29, 1.82) is 0 Å². The van der Waals surface area contributed by atoms with Crippen LogP contribution in [-0.4, -0.2) is 16.0 Å². The number of hydrogen-bond donors (Lipinski definition) is 0. The van der Waals surface area contributed by atoms with Crippen molar-refractivity contribution in [2.45, 2.75) is 13.0 Å². The monoisotopic (exact) mass is 359 g/mol. The number of hydrogen-bond acceptors (Lipinski definition) is 6. The molecule has 27 heavy (non-hydrogen) atoms. The average molecular weight is 359 g/mol. The van der Waals surface area contributed by atoms with Crippen LogP contribution in [0.4, 0.5) is 5.82 Å². The molecule has 7 nitrogen and oxygen atoms in total. The molecular formula is C20H13N3O4. The van der Waals surface area contributed by atoms with E-state index in [0.29, 0.717) is 28.1 Å². The molecule has 0 spiro atoms. The first-order chi connectivity index (χ1) is 13.1. The highest BCUT2D eigenvalue weighted by Gasteiger charge is 2.44. The van der Waals surface area contributed by atoms with E-state index in [-0.39, 0.29) is 16.8 Å². The summed E-state index contributed by atoms with van der Waals surface area (Å²) in [6.45, 7) is 1.74. The molecule has 1 unspecified atom stereocenters. The van der Waals surface area contributed by atoms with Crippen molar-refractivity contribution in [3.8, 4) is 0 Å². The maximum Gasteiger partial charge on any atom is 0.296 e. The van der Waals surface area contributed by atoms with Gasteiger partial charge < -0.3 is 8.94 Å². The van der Waals surface area contributed by atoms with Crippen LogP contribution in [0.2, 0.25) is 0 Å². The predicted molar refractivity (Wildman–Crippen MR) is 96.6 cm³/mol. The molecule has 1 aliphatic heterocycles. The van der Waals surface area contributed by atoms with Gasteiger partial charge in [-0.1, -0.05) is 23.4 Å². The van der Waals surface area contributed by atoms with Gasteiger partial charge in [0, 0.05) is 18.5 Å². The molecule has 132 valence electrons. The van der Waals surface area contributed by atoms with E-state index < -0.39 is 11.9 Å². The van der Waals surface area contributed by atoms with E-state index in [4.69, 9.17) is 8.94 Å². The van der Waals surface area contributed by atoms with E-state index in [0.717, 1.165) is 0 Å². The highest BCUT2D eigenvalue weighted by Crippen LogP contribution is 2.40. The minimum Gasteiger partial charge on any atom is -0.450 e. The van der Waals surface area contributed by atoms with Crippen LogP contribution in [0.25, 0.3) is 11.0 Å². The lowest BCUT2D eigenvalue weighted by atomic mass is 10.00. The van der Waals surface area contributed by atoms with Crippen LogP contribution in [0.3, 0.4) is 0 Å². The third-order valence-electron chi connectivity index (χ3n) is 4.64. The maximum absolute atomic E-state index is 13.2. The largest absolute Gasteiger partial charge is 0.450 e. The van der Waals surface area contributed by atoms with Crippen LogP contribution < -0.4 is 10.3 Å². The standard InChI is InChI=1S/C20H13N3O4/c1-11-9-15(22-27-11)23-17(12-5-4-8-21-10-12)16-18(24)13-6-2-3-7-14(13)26-19(16)20(23)25/h2-10,17H,1H3. The van der Waals surface area contributed by atoms with Crippen LogP contribution in [0.1, 0.15) is 33.5 Å². The number of anilines is 1. The third kappa shape index (κ3) is 2.21. The topological polar surface area (TPSA) is 89.4 Å². The van der Waals surface area contributed by atoms with Crippen LogP contribution >= 0.6 is 0 Å². The summed E-state index contributed by atoms with van der Waals surface area (Å²) in [5.41, 5.74) is 1.11. The molecule has 0 N–H and O–H groups in total. The summed E-state index contributed by atoms with van der Waals surface area (Å²) in [7, 11) is 0. The quantitative estimate of drug-likeness (QED) is 0.546. The van der Waals surface area contributed by atoms with Gasteiger partial charge in [-0.2, -0.15) is 0 Å². The Morgan fingerprint density at radius 1 is 1.11 bits per heavy atom. The van der Waals surface area contributed by atoms with Gasteiger partial charge in [0.1, 0.15) is 11.3 Å². The van der Waals surface area contributed by atoms with E-state index in [1.807, 2.05) is 6.07 Å². The van der Waals surface area contributed by atoms with Gasteiger partial charge in [-0.15, -0.1) is 0 Å². The summed E-state index contributed by atoms with van der Waals surface area (Å²) < 4.78 is 11.0. The van der Waals surface area contributed by atoms with Crippen LogP contribution in [0.5, 0.6) is 0 Å². The van der Waals surface area contributed by atoms with Gasteiger partial charge in [0.15, 0.2) is 11.2 Å². The zero-order valence-corrected chi connectivity index (χ0v) is 14.2. The molecule has 0 fully saturated rings. The van der Waals surface area contributed by atoms with E-state index in [1.165, 1.54) is 4.90 Å². The summed E-state index contributed by atoms with van der Waals surface area (Å²) in [5, 5.41) is 4.40. The van der Waals surface area contributed by atoms with Crippen molar-refractivity contribution >= 4 is 22.7 Å². The molecule has 1 atom stereocenters. The summed E-state index contributed by atoms with van der Waals surface area (Å²) >= 11 is 0. The SMILES string of the molecule is Cc1cc(N2C(=O)c3oc4ccccc4c(=O)c3C2c2cccnc2)no1. The fourth-order valence-corrected chi connectivity index (χ4v) is 3.48. The summed E-state index contributed by atoms with van der Waals surface area (Å²) in [6.07, 6.45) is 3.26. The zero-order chi connectivity index (χ0) is 18.5. The minimum absolute atomic E-state index is 0.0215. The number of carbonyl (C=O) groups is 1. The molecule has 4 heterocycles. The summed E-state index contributed by atoms with van der Waals surface area (Å²) in [6, 6.07) is 11.4. The number of nitrogens with zero attached hydrogens (tertiary/aromatic N) is 3. The molecule has 0 aliphatic carbocycles. The molecule has 4 aromatic rings. The number of aryl methyl sites for hydroxylation is 1. The molecule has 0 saturated heterocycles. The predicted octanol–water partition coefficient (Wildman–Crippen LogP) is 3.23. The lowest BCUT2D eigenvalue weighted by molar-refractivity contribution is 0.0969. The second kappa shape index (κ2) is 5.63. The lowest BCUT2D eigenvalue weighted by Gasteiger charge is -2.21. The molecule has 1 aliphatic rings. The molecular weight excluding hydrogens is 346 g/mol. The van der Waals surface area contributed by atoms with Crippen molar-refractivity contribution in [2.24, 2.45) is 0 Å². The first-order valence-electron chi connectivity index (χ1n) is 8.37. The van der Waals surface area contributed by atoms with Crippen LogP contribution in [-0.2, 0) is 0 Å². The third-order valence-corrected chi connectivity index (χ3v) is 4.64. The fraction of sp³-hybridized carbons (Fsp3) is 0.100. The number of carbonyl (C=O) groups excluding carboxylic acids is 1. The fourth-order valence-electron chi connectivity index (χ4n) is 3.48. The van der Waals surface area contributed by atoms with Gasteiger partial charge in [0.05, 0.1) is 17.0 Å². The van der Waals surface area contributed by atoms with Crippen molar-refractivity contribution in [3.63, 3.8) is 0 Å². The number of para-hydroxylation sites is 1. The normalized spacial score (nSPS) is 16.1. The van der Waals surface area contributed by atoms with E-state index in [1.54, 1.807) is 55.7 Å². The number of fused-ring (bicyclic) bond motifs is 2. The van der Waals surface area contributed by atoms with Crippen LogP contribution in [0, 0.1) is 6.92 Å². The van der Waals surface area contributed by atoms with E-state index in [2.05, 4.69) is 10.1 Å². The minimum atomic E-state index is -0.688. The summed E-state index contributed by atoms with van der Waals surface area (Å²) in [4.78, 5) is 32.0. The Morgan fingerprint density at radius 2 is 1.96 bits per heavy atom. The Balaban J connectivity index is 1.84. The number of rotatable bonds is 2. The van der Waals surface area contributed by atoms with E-state index in [9.17, 15) is 9.59 Å². The highest BCUT2D eigenvalue weighted by molar-refractivity contribution is 6.10. The van der Waals surface area contributed by atoms with Gasteiger partial charge in [-0.3, -0.25) is 19.5 Å². The van der Waals surface area contributed by atoms with Gasteiger partial charge in [-0.25, -0.2) is 0 Å². The Bertz CT molecular complexity index is 1240. The molecule has 0 radical (unpaired) electrons. The molecule has 0 saturated carbocycles. The van der Waals surface area contributed by atoms with E-state index >= 15 is 0 Å². The number of aromatic nitrogens is 2. The molecule has 1 amide bonds. The second-order valence-corrected chi connectivity index (χ2v) is 6.33. The smallest absolute Gasteiger partial charge is 0.296 e. The Morgan fingerprint density at radius 3 is 2.70 bits per heavy atom. The first kappa shape index (κ1) is 15.5. The van der Waals surface area contributed by atoms with Gasteiger partial charge in [-0.05, 0) is 30.7 Å². The van der Waals surface area contributed by atoms with Gasteiger partial charge >= 0.3 is 0 Å². The zero-order valence-electron chi connectivity index (χ0n) is 14.2. The van der Waals surface area contributed by atoms with Crippen molar-refractivity contribution < 1.29 is 13.7 Å². The number of benzene rings is 1. The molecule has 1 aromatic carbocycles. The number of pyridine rings is 1. The van der Waals surface area contributed by atoms with Gasteiger partial charge in [0.2, 0.25) is 5.76 Å². The maximum atomic E-state index is 13.2. The molecule has 7 heteroatoms. The van der Waals surface area contributed by atoms with Gasteiger partial charge in [0.25, 0.3) is 5.91 Å². The first-order valence-corrected chi connectivity index (χ1v) is 8.37. The van der Waals surface area contributed by atoms with Crippen molar-refractivity contribution in [3.05, 3.63) is 87.7 Å². The van der Waals surface area contributed by atoms with Crippen molar-refractivity contribution in [2.75, 3.05) is 4.90 Å². The Kier molecular flexibility index (Phi) is 3.24. The molecule has 5 rings (SSSR count). The Labute approximate surface area is 152 Å². The van der Waals surface area contributed by atoms with Crippen molar-refractivity contribution in [1.82, 2.24) is 10.1 Å². The molecule has 3 aromatic heterocycles. The number of amides is 1. The van der Waals surface area contributed by atoms with Crippen LogP contribution in [0.15, 0.2) is 68.6 Å². The molecule has 0 bridgehead atoms.